The van der Waals surface area contributed by atoms with Crippen molar-refractivity contribution in [2.24, 2.45) is 5.41 Å². The van der Waals surface area contributed by atoms with Crippen molar-refractivity contribution < 1.29 is 14.6 Å². The van der Waals surface area contributed by atoms with Crippen LogP contribution in [-0.2, 0) is 9.53 Å². The molecule has 118 valence electrons. The Kier molecular flexibility index (Phi) is 5.43. The van der Waals surface area contributed by atoms with E-state index in [-0.39, 0.29) is 17.6 Å². The summed E-state index contributed by atoms with van der Waals surface area (Å²) in [7, 11) is 0. The fourth-order valence-corrected chi connectivity index (χ4v) is 2.36. The molecular formula is C18H28O3. The number of benzene rings is 1. The highest BCUT2D eigenvalue weighted by atomic mass is 16.6. The molecule has 0 fully saturated rings. The number of hydrogen-bond donors (Lipinski definition) is 1. The van der Waals surface area contributed by atoms with Crippen LogP contribution in [0.25, 0.3) is 0 Å². The summed E-state index contributed by atoms with van der Waals surface area (Å²) in [6, 6.07) is 7.24. The first-order valence-corrected chi connectivity index (χ1v) is 7.57. The van der Waals surface area contributed by atoms with E-state index < -0.39 is 11.0 Å². The van der Waals surface area contributed by atoms with Crippen molar-refractivity contribution in [1.82, 2.24) is 0 Å². The molecule has 1 aromatic rings. The van der Waals surface area contributed by atoms with Gasteiger partial charge in [-0.05, 0) is 71.1 Å². The second-order valence-electron chi connectivity index (χ2n) is 7.29. The number of carbonyl (C=O) groups excluding carboxylic acids is 1. The van der Waals surface area contributed by atoms with Gasteiger partial charge in [0.15, 0.2) is 0 Å². The van der Waals surface area contributed by atoms with Gasteiger partial charge in [-0.2, -0.15) is 0 Å². The van der Waals surface area contributed by atoms with E-state index in [2.05, 4.69) is 6.92 Å². The highest BCUT2D eigenvalue weighted by Gasteiger charge is 2.34. The molecule has 0 saturated heterocycles. The van der Waals surface area contributed by atoms with E-state index in [1.165, 1.54) is 0 Å². The normalized spacial score (nSPS) is 13.8. The van der Waals surface area contributed by atoms with Crippen LogP contribution in [-0.4, -0.2) is 16.7 Å². The quantitative estimate of drug-likeness (QED) is 0.804. The van der Waals surface area contributed by atoms with E-state index in [4.69, 9.17) is 4.74 Å². The largest absolute Gasteiger partial charge is 0.508 e. The van der Waals surface area contributed by atoms with Crippen LogP contribution in [0.2, 0.25) is 0 Å². The van der Waals surface area contributed by atoms with Gasteiger partial charge in [-0.1, -0.05) is 19.1 Å². The van der Waals surface area contributed by atoms with Crippen LogP contribution >= 0.6 is 0 Å². The Balaban J connectivity index is 2.84. The maximum atomic E-state index is 12.4. The van der Waals surface area contributed by atoms with Crippen LogP contribution < -0.4 is 0 Å². The first kappa shape index (κ1) is 17.5. The van der Waals surface area contributed by atoms with Gasteiger partial charge in [0, 0.05) is 0 Å². The van der Waals surface area contributed by atoms with Gasteiger partial charge in [-0.25, -0.2) is 0 Å². The molecule has 0 spiro atoms. The lowest BCUT2D eigenvalue weighted by Gasteiger charge is -2.31. The maximum Gasteiger partial charge on any atom is 0.312 e. The number of aromatic hydroxyl groups is 1. The van der Waals surface area contributed by atoms with Gasteiger partial charge in [0.1, 0.15) is 11.4 Å². The zero-order chi connectivity index (χ0) is 16.3. The number of rotatable bonds is 5. The van der Waals surface area contributed by atoms with Crippen LogP contribution in [0.5, 0.6) is 5.75 Å². The van der Waals surface area contributed by atoms with Crippen molar-refractivity contribution in [1.29, 1.82) is 0 Å². The van der Waals surface area contributed by atoms with E-state index in [0.717, 1.165) is 18.4 Å². The number of hydrogen-bond acceptors (Lipinski definition) is 3. The average Bonchev–Trinajstić information content (AvgIpc) is 2.35. The molecule has 1 aromatic carbocycles. The Hall–Kier alpha value is -1.51. The molecule has 3 nitrogen and oxygen atoms in total. The Bertz CT molecular complexity index is 466. The third-order valence-corrected chi connectivity index (χ3v) is 3.57. The van der Waals surface area contributed by atoms with Gasteiger partial charge in [0.05, 0.1) is 5.41 Å². The van der Waals surface area contributed by atoms with Gasteiger partial charge < -0.3 is 9.84 Å². The molecule has 0 amide bonds. The second kappa shape index (κ2) is 6.50. The predicted octanol–water partition coefficient (Wildman–Crippen LogP) is 4.64. The standard InChI is InChI=1S/C18H28O3/c1-7-13(14-8-10-15(19)11-9-14)12-18(5,6)16(20)21-17(2,3)4/h8-11,13,19H,7,12H2,1-6H3. The number of ether oxygens (including phenoxy) is 1. The van der Waals surface area contributed by atoms with E-state index >= 15 is 0 Å². The fourth-order valence-electron chi connectivity index (χ4n) is 2.36. The number of phenols is 1. The van der Waals surface area contributed by atoms with Crippen molar-refractivity contribution in [3.8, 4) is 5.75 Å². The summed E-state index contributed by atoms with van der Waals surface area (Å²) in [4.78, 5) is 12.4. The molecule has 0 heterocycles. The van der Waals surface area contributed by atoms with E-state index in [1.807, 2.05) is 46.8 Å². The molecule has 0 radical (unpaired) electrons. The Morgan fingerprint density at radius 2 is 1.67 bits per heavy atom. The molecule has 3 heteroatoms. The van der Waals surface area contributed by atoms with Crippen molar-refractivity contribution in [3.05, 3.63) is 29.8 Å². The van der Waals surface area contributed by atoms with Crippen molar-refractivity contribution in [2.75, 3.05) is 0 Å². The van der Waals surface area contributed by atoms with Crippen molar-refractivity contribution in [3.63, 3.8) is 0 Å². The summed E-state index contributed by atoms with van der Waals surface area (Å²) in [5.74, 6) is 0.375. The molecule has 1 N–H and O–H groups in total. The van der Waals surface area contributed by atoms with E-state index in [9.17, 15) is 9.90 Å². The fraction of sp³-hybridized carbons (Fsp3) is 0.611. The van der Waals surface area contributed by atoms with E-state index in [1.54, 1.807) is 12.1 Å². The van der Waals surface area contributed by atoms with Crippen LogP contribution in [0, 0.1) is 5.41 Å². The van der Waals surface area contributed by atoms with Gasteiger partial charge >= 0.3 is 5.97 Å². The predicted molar refractivity (Wildman–Crippen MR) is 85.4 cm³/mol. The molecule has 1 atom stereocenters. The van der Waals surface area contributed by atoms with Crippen LogP contribution in [0.1, 0.15) is 65.9 Å². The molecule has 0 aliphatic heterocycles. The summed E-state index contributed by atoms with van der Waals surface area (Å²) in [6.45, 7) is 11.6. The summed E-state index contributed by atoms with van der Waals surface area (Å²) < 4.78 is 5.52. The van der Waals surface area contributed by atoms with Gasteiger partial charge in [0.25, 0.3) is 0 Å². The molecule has 0 aliphatic carbocycles. The third-order valence-electron chi connectivity index (χ3n) is 3.57. The lowest BCUT2D eigenvalue weighted by Crippen LogP contribution is -2.34. The summed E-state index contributed by atoms with van der Waals surface area (Å²) in [6.07, 6.45) is 1.67. The SMILES string of the molecule is CCC(CC(C)(C)C(=O)OC(C)(C)C)c1ccc(O)cc1. The molecule has 21 heavy (non-hydrogen) atoms. The highest BCUT2D eigenvalue weighted by molar-refractivity contribution is 5.76. The smallest absolute Gasteiger partial charge is 0.312 e. The molecule has 0 saturated carbocycles. The molecule has 1 unspecified atom stereocenters. The molecule has 0 aromatic heterocycles. The van der Waals surface area contributed by atoms with Crippen LogP contribution in [0.4, 0.5) is 0 Å². The van der Waals surface area contributed by atoms with Crippen molar-refractivity contribution >= 4 is 5.97 Å². The van der Waals surface area contributed by atoms with Crippen LogP contribution in [0.15, 0.2) is 24.3 Å². The van der Waals surface area contributed by atoms with Crippen LogP contribution in [0.3, 0.4) is 0 Å². The number of esters is 1. The van der Waals surface area contributed by atoms with Gasteiger partial charge in [0.2, 0.25) is 0 Å². The number of carbonyl (C=O) groups is 1. The minimum Gasteiger partial charge on any atom is -0.508 e. The minimum absolute atomic E-state index is 0.160. The molecular weight excluding hydrogens is 264 g/mol. The summed E-state index contributed by atoms with van der Waals surface area (Å²) >= 11 is 0. The van der Waals surface area contributed by atoms with Crippen molar-refractivity contribution in [2.45, 2.75) is 65.9 Å². The Morgan fingerprint density at radius 1 is 1.14 bits per heavy atom. The Labute approximate surface area is 128 Å². The average molecular weight is 292 g/mol. The summed E-state index contributed by atoms with van der Waals surface area (Å²) in [5.41, 5.74) is 0.146. The second-order valence-corrected chi connectivity index (χ2v) is 7.29. The number of phenolic OH excluding ortho intramolecular Hbond substituents is 1. The zero-order valence-electron chi connectivity index (χ0n) is 14.1. The lowest BCUT2D eigenvalue weighted by molar-refractivity contribution is -0.166. The van der Waals surface area contributed by atoms with Gasteiger partial charge in [-0.15, -0.1) is 0 Å². The first-order valence-electron chi connectivity index (χ1n) is 7.57. The summed E-state index contributed by atoms with van der Waals surface area (Å²) in [5, 5.41) is 9.39. The molecule has 1 rings (SSSR count). The monoisotopic (exact) mass is 292 g/mol. The molecule has 0 aliphatic rings. The highest BCUT2D eigenvalue weighted by Crippen LogP contribution is 2.36. The minimum atomic E-state index is -0.536. The zero-order valence-corrected chi connectivity index (χ0v) is 14.1. The lowest BCUT2D eigenvalue weighted by atomic mass is 9.78. The third kappa shape index (κ3) is 5.41. The maximum absolute atomic E-state index is 12.4. The van der Waals surface area contributed by atoms with Gasteiger partial charge in [-0.3, -0.25) is 4.79 Å². The Morgan fingerprint density at radius 3 is 2.10 bits per heavy atom. The topological polar surface area (TPSA) is 46.5 Å². The first-order chi connectivity index (χ1) is 9.55. The molecule has 0 bridgehead atoms. The van der Waals surface area contributed by atoms with E-state index in [0.29, 0.717) is 0 Å².